The first kappa shape index (κ1) is 12.4. The Kier molecular flexibility index (Phi) is 6.49. The SMILES string of the molecule is CCCC/C=C(\N=C(/C)Br)C(N)=O. The number of nitrogens with zero attached hydrogens (tertiary/aromatic N) is 1. The standard InChI is InChI=1S/C9H15BrN2O/c1-3-4-5-6-8(9(11)13)12-7(2)10/h6H,3-5H2,1-2H3,(H2,11,13)/b8-6-,12-7+. The predicted octanol–water partition coefficient (Wildman–Crippen LogP) is 2.36. The number of aliphatic imine (C=N–C) groups is 1. The van der Waals surface area contributed by atoms with Crippen molar-refractivity contribution in [2.24, 2.45) is 10.7 Å². The fourth-order valence-corrected chi connectivity index (χ4v) is 1.00. The number of rotatable bonds is 5. The first-order valence-corrected chi connectivity index (χ1v) is 5.08. The second-order valence-electron chi connectivity index (χ2n) is 2.70. The number of halogens is 1. The molecular weight excluding hydrogens is 232 g/mol. The highest BCUT2D eigenvalue weighted by Crippen LogP contribution is 2.04. The van der Waals surface area contributed by atoms with E-state index in [-0.39, 0.29) is 0 Å². The second-order valence-corrected chi connectivity index (χ2v) is 3.85. The zero-order valence-electron chi connectivity index (χ0n) is 8.01. The van der Waals surface area contributed by atoms with Crippen LogP contribution >= 0.6 is 15.9 Å². The number of primary amides is 1. The van der Waals surface area contributed by atoms with E-state index in [4.69, 9.17) is 5.73 Å². The van der Waals surface area contributed by atoms with Crippen LogP contribution in [0, 0.1) is 0 Å². The van der Waals surface area contributed by atoms with Crippen molar-refractivity contribution in [3.63, 3.8) is 0 Å². The van der Waals surface area contributed by atoms with Crippen molar-refractivity contribution in [1.29, 1.82) is 0 Å². The van der Waals surface area contributed by atoms with Gasteiger partial charge in [0.05, 0.1) is 4.62 Å². The van der Waals surface area contributed by atoms with Gasteiger partial charge in [-0.3, -0.25) is 4.79 Å². The summed E-state index contributed by atoms with van der Waals surface area (Å²) in [4.78, 5) is 14.8. The molecule has 0 saturated carbocycles. The molecule has 0 saturated heterocycles. The van der Waals surface area contributed by atoms with Crippen molar-refractivity contribution in [2.75, 3.05) is 0 Å². The molecule has 0 spiro atoms. The molecule has 3 nitrogen and oxygen atoms in total. The maximum Gasteiger partial charge on any atom is 0.266 e. The number of allylic oxidation sites excluding steroid dienone is 1. The van der Waals surface area contributed by atoms with E-state index in [2.05, 4.69) is 27.8 Å². The zero-order chi connectivity index (χ0) is 10.3. The van der Waals surface area contributed by atoms with E-state index < -0.39 is 5.91 Å². The van der Waals surface area contributed by atoms with Gasteiger partial charge in [0.1, 0.15) is 5.70 Å². The molecule has 0 aromatic rings. The van der Waals surface area contributed by atoms with Gasteiger partial charge in [0.15, 0.2) is 0 Å². The van der Waals surface area contributed by atoms with Gasteiger partial charge >= 0.3 is 0 Å². The van der Waals surface area contributed by atoms with Gasteiger partial charge in [-0.1, -0.05) is 19.4 Å². The number of hydrogen-bond donors (Lipinski definition) is 1. The van der Waals surface area contributed by atoms with Crippen LogP contribution in [-0.4, -0.2) is 10.5 Å². The van der Waals surface area contributed by atoms with E-state index in [1.54, 1.807) is 13.0 Å². The molecule has 0 heterocycles. The number of nitrogens with two attached hydrogens (primary N) is 1. The fraction of sp³-hybridized carbons (Fsp3) is 0.556. The van der Waals surface area contributed by atoms with Crippen molar-refractivity contribution in [3.05, 3.63) is 11.8 Å². The van der Waals surface area contributed by atoms with Crippen molar-refractivity contribution in [1.82, 2.24) is 0 Å². The van der Waals surface area contributed by atoms with Crippen molar-refractivity contribution in [3.8, 4) is 0 Å². The molecule has 13 heavy (non-hydrogen) atoms. The summed E-state index contributed by atoms with van der Waals surface area (Å²) in [5.74, 6) is -0.477. The summed E-state index contributed by atoms with van der Waals surface area (Å²) < 4.78 is 0.661. The predicted molar refractivity (Wildman–Crippen MR) is 58.8 cm³/mol. The topological polar surface area (TPSA) is 55.4 Å². The smallest absolute Gasteiger partial charge is 0.266 e. The molecule has 0 aromatic carbocycles. The molecule has 0 aliphatic rings. The second kappa shape index (κ2) is 6.83. The van der Waals surface area contributed by atoms with E-state index in [1.807, 2.05) is 0 Å². The lowest BCUT2D eigenvalue weighted by Crippen LogP contribution is -2.13. The molecule has 0 rings (SSSR count). The van der Waals surface area contributed by atoms with Crippen LogP contribution in [0.1, 0.15) is 33.1 Å². The molecule has 4 heteroatoms. The van der Waals surface area contributed by atoms with E-state index in [0.29, 0.717) is 10.3 Å². The Labute approximate surface area is 87.2 Å². The average molecular weight is 247 g/mol. The number of unbranched alkanes of at least 4 members (excludes halogenated alkanes) is 2. The number of amides is 1. The summed E-state index contributed by atoms with van der Waals surface area (Å²) >= 11 is 3.15. The number of carbonyl (C=O) groups excluding carboxylic acids is 1. The van der Waals surface area contributed by atoms with Crippen LogP contribution in [0.3, 0.4) is 0 Å². The molecule has 0 atom stereocenters. The summed E-state index contributed by atoms with van der Waals surface area (Å²) in [6.07, 6.45) is 4.77. The van der Waals surface area contributed by atoms with Crippen LogP contribution in [-0.2, 0) is 4.79 Å². The van der Waals surface area contributed by atoms with Crippen LogP contribution in [0.2, 0.25) is 0 Å². The maximum atomic E-state index is 10.9. The summed E-state index contributed by atoms with van der Waals surface area (Å²) in [7, 11) is 0. The Morgan fingerprint density at radius 2 is 2.23 bits per heavy atom. The van der Waals surface area contributed by atoms with Gasteiger partial charge in [0.2, 0.25) is 0 Å². The first-order valence-electron chi connectivity index (χ1n) is 4.28. The van der Waals surface area contributed by atoms with E-state index in [0.717, 1.165) is 19.3 Å². The molecule has 0 radical (unpaired) electrons. The Morgan fingerprint density at radius 1 is 1.62 bits per heavy atom. The first-order chi connectivity index (χ1) is 6.07. The molecule has 1 amide bonds. The van der Waals surface area contributed by atoms with Gasteiger partial charge < -0.3 is 5.73 Å². The third-order valence-corrected chi connectivity index (χ3v) is 1.60. The average Bonchev–Trinajstić information content (AvgIpc) is 2.02. The molecule has 0 aliphatic heterocycles. The normalized spacial score (nSPS) is 13.2. The van der Waals surface area contributed by atoms with Crippen LogP contribution in [0.5, 0.6) is 0 Å². The molecule has 0 aliphatic carbocycles. The summed E-state index contributed by atoms with van der Waals surface area (Å²) in [5, 5.41) is 0. The third-order valence-electron chi connectivity index (χ3n) is 1.42. The maximum absolute atomic E-state index is 10.9. The van der Waals surface area contributed by atoms with E-state index >= 15 is 0 Å². The van der Waals surface area contributed by atoms with Crippen molar-refractivity contribution >= 4 is 26.5 Å². The van der Waals surface area contributed by atoms with E-state index in [1.165, 1.54) is 0 Å². The van der Waals surface area contributed by atoms with Gasteiger partial charge in [-0.05, 0) is 35.7 Å². The Balaban J connectivity index is 4.33. The summed E-state index contributed by atoms with van der Waals surface area (Å²) in [6.45, 7) is 3.85. The van der Waals surface area contributed by atoms with Crippen molar-refractivity contribution < 1.29 is 4.79 Å². The lowest BCUT2D eigenvalue weighted by atomic mass is 10.2. The lowest BCUT2D eigenvalue weighted by molar-refractivity contribution is -0.114. The van der Waals surface area contributed by atoms with Crippen LogP contribution < -0.4 is 5.73 Å². The Hall–Kier alpha value is -0.640. The highest BCUT2D eigenvalue weighted by atomic mass is 79.9. The lowest BCUT2D eigenvalue weighted by Gasteiger charge is -1.96. The molecular formula is C9H15BrN2O. The van der Waals surface area contributed by atoms with Gasteiger partial charge in [0, 0.05) is 0 Å². The van der Waals surface area contributed by atoms with Crippen LogP contribution in [0.25, 0.3) is 0 Å². The Bertz CT molecular complexity index is 230. The van der Waals surface area contributed by atoms with Gasteiger partial charge in [-0.15, -0.1) is 0 Å². The van der Waals surface area contributed by atoms with Gasteiger partial charge in [0.25, 0.3) is 5.91 Å². The minimum absolute atomic E-state index is 0.336. The van der Waals surface area contributed by atoms with Gasteiger partial charge in [-0.2, -0.15) is 0 Å². The Morgan fingerprint density at radius 3 is 2.62 bits per heavy atom. The quantitative estimate of drug-likeness (QED) is 0.452. The monoisotopic (exact) mass is 246 g/mol. The number of carbonyl (C=O) groups is 1. The van der Waals surface area contributed by atoms with E-state index in [9.17, 15) is 4.79 Å². The molecule has 0 fully saturated rings. The minimum atomic E-state index is -0.477. The fourth-order valence-electron chi connectivity index (χ4n) is 0.810. The highest BCUT2D eigenvalue weighted by Gasteiger charge is 2.01. The van der Waals surface area contributed by atoms with Gasteiger partial charge in [-0.25, -0.2) is 4.99 Å². The third kappa shape index (κ3) is 6.51. The molecule has 2 N–H and O–H groups in total. The van der Waals surface area contributed by atoms with Crippen LogP contribution in [0.15, 0.2) is 16.8 Å². The minimum Gasteiger partial charge on any atom is -0.364 e. The summed E-state index contributed by atoms with van der Waals surface area (Å²) in [5.41, 5.74) is 5.47. The molecule has 0 bridgehead atoms. The zero-order valence-corrected chi connectivity index (χ0v) is 9.60. The number of hydrogen-bond acceptors (Lipinski definition) is 2. The largest absolute Gasteiger partial charge is 0.364 e. The summed E-state index contributed by atoms with van der Waals surface area (Å²) in [6, 6.07) is 0. The molecule has 0 unspecified atom stereocenters. The molecule has 74 valence electrons. The van der Waals surface area contributed by atoms with Crippen molar-refractivity contribution in [2.45, 2.75) is 33.1 Å². The van der Waals surface area contributed by atoms with Crippen LogP contribution in [0.4, 0.5) is 0 Å². The highest BCUT2D eigenvalue weighted by molar-refractivity contribution is 9.18. The molecule has 0 aromatic heterocycles.